The molecule has 0 aliphatic carbocycles. The Morgan fingerprint density at radius 3 is 2.67 bits per heavy atom. The van der Waals surface area contributed by atoms with Crippen LogP contribution in [0.15, 0.2) is 18.2 Å². The standard InChI is InChI=1S/C12H18FNO/c1-8-6-10(4-5-11(8)13)12(14)7-9(2)15-3/h4-6,9,12H,7,14H2,1-3H3. The van der Waals surface area contributed by atoms with Gasteiger partial charge in [-0.25, -0.2) is 4.39 Å². The number of hydrogen-bond acceptors (Lipinski definition) is 2. The molecule has 0 saturated heterocycles. The predicted octanol–water partition coefficient (Wildman–Crippen LogP) is 2.56. The maximum atomic E-state index is 13.0. The number of hydrogen-bond donors (Lipinski definition) is 1. The lowest BCUT2D eigenvalue weighted by molar-refractivity contribution is 0.104. The summed E-state index contributed by atoms with van der Waals surface area (Å²) in [5.74, 6) is -0.189. The van der Waals surface area contributed by atoms with Crippen LogP contribution in [0.5, 0.6) is 0 Å². The number of rotatable bonds is 4. The monoisotopic (exact) mass is 211 g/mol. The Hall–Kier alpha value is -0.930. The fourth-order valence-corrected chi connectivity index (χ4v) is 1.49. The molecule has 0 aromatic heterocycles. The van der Waals surface area contributed by atoms with Gasteiger partial charge in [0, 0.05) is 13.2 Å². The van der Waals surface area contributed by atoms with Crippen molar-refractivity contribution in [2.75, 3.05) is 7.11 Å². The van der Waals surface area contributed by atoms with Crippen LogP contribution in [0.3, 0.4) is 0 Å². The minimum Gasteiger partial charge on any atom is -0.382 e. The molecule has 0 saturated carbocycles. The Bertz CT molecular complexity index is 327. The van der Waals surface area contributed by atoms with Gasteiger partial charge in [0.15, 0.2) is 0 Å². The first-order valence-electron chi connectivity index (χ1n) is 5.09. The molecule has 2 nitrogen and oxygen atoms in total. The molecule has 84 valence electrons. The third-order valence-corrected chi connectivity index (χ3v) is 2.60. The molecule has 0 fully saturated rings. The zero-order chi connectivity index (χ0) is 11.4. The van der Waals surface area contributed by atoms with E-state index in [4.69, 9.17) is 10.5 Å². The van der Waals surface area contributed by atoms with Crippen molar-refractivity contribution in [2.24, 2.45) is 5.73 Å². The van der Waals surface area contributed by atoms with E-state index in [0.717, 1.165) is 12.0 Å². The van der Waals surface area contributed by atoms with Gasteiger partial charge in [-0.15, -0.1) is 0 Å². The molecule has 0 amide bonds. The van der Waals surface area contributed by atoms with Gasteiger partial charge in [0.25, 0.3) is 0 Å². The lowest BCUT2D eigenvalue weighted by Gasteiger charge is -2.17. The van der Waals surface area contributed by atoms with Crippen molar-refractivity contribution >= 4 is 0 Å². The molecule has 0 aliphatic heterocycles. The van der Waals surface area contributed by atoms with E-state index in [1.54, 1.807) is 26.2 Å². The van der Waals surface area contributed by atoms with E-state index >= 15 is 0 Å². The summed E-state index contributed by atoms with van der Waals surface area (Å²) < 4.78 is 18.2. The van der Waals surface area contributed by atoms with Gasteiger partial charge in [0.2, 0.25) is 0 Å². The minimum absolute atomic E-state index is 0.0979. The van der Waals surface area contributed by atoms with Crippen molar-refractivity contribution in [1.82, 2.24) is 0 Å². The van der Waals surface area contributed by atoms with Crippen LogP contribution in [0.1, 0.15) is 30.5 Å². The highest BCUT2D eigenvalue weighted by Crippen LogP contribution is 2.19. The Morgan fingerprint density at radius 2 is 2.13 bits per heavy atom. The predicted molar refractivity (Wildman–Crippen MR) is 59.2 cm³/mol. The normalized spacial score (nSPS) is 15.0. The van der Waals surface area contributed by atoms with Crippen LogP contribution in [-0.2, 0) is 4.74 Å². The molecule has 0 bridgehead atoms. The lowest BCUT2D eigenvalue weighted by Crippen LogP contribution is -2.18. The lowest BCUT2D eigenvalue weighted by atomic mass is 10.0. The summed E-state index contributed by atoms with van der Waals surface area (Å²) in [7, 11) is 1.66. The van der Waals surface area contributed by atoms with Crippen LogP contribution in [-0.4, -0.2) is 13.2 Å². The van der Waals surface area contributed by atoms with E-state index in [9.17, 15) is 4.39 Å². The Labute approximate surface area is 90.2 Å². The Balaban J connectivity index is 2.73. The molecule has 2 atom stereocenters. The highest BCUT2D eigenvalue weighted by atomic mass is 19.1. The van der Waals surface area contributed by atoms with Gasteiger partial charge in [0.1, 0.15) is 5.82 Å². The quantitative estimate of drug-likeness (QED) is 0.830. The number of nitrogens with two attached hydrogens (primary N) is 1. The third kappa shape index (κ3) is 3.29. The van der Waals surface area contributed by atoms with Crippen LogP contribution >= 0.6 is 0 Å². The second-order valence-electron chi connectivity index (χ2n) is 3.90. The van der Waals surface area contributed by atoms with E-state index in [2.05, 4.69) is 0 Å². The van der Waals surface area contributed by atoms with Gasteiger partial charge in [-0.2, -0.15) is 0 Å². The van der Waals surface area contributed by atoms with Gasteiger partial charge in [-0.3, -0.25) is 0 Å². The fourth-order valence-electron chi connectivity index (χ4n) is 1.49. The highest BCUT2D eigenvalue weighted by Gasteiger charge is 2.11. The van der Waals surface area contributed by atoms with E-state index in [-0.39, 0.29) is 18.0 Å². The largest absolute Gasteiger partial charge is 0.382 e. The van der Waals surface area contributed by atoms with E-state index in [1.165, 1.54) is 6.07 Å². The van der Waals surface area contributed by atoms with Gasteiger partial charge in [-0.05, 0) is 37.5 Å². The molecule has 0 heterocycles. The maximum Gasteiger partial charge on any atom is 0.126 e. The first-order chi connectivity index (χ1) is 7.04. The summed E-state index contributed by atoms with van der Waals surface area (Å²) in [6, 6.07) is 4.89. The summed E-state index contributed by atoms with van der Waals surface area (Å²) in [5.41, 5.74) is 7.58. The van der Waals surface area contributed by atoms with Crippen molar-refractivity contribution in [1.29, 1.82) is 0 Å². The minimum atomic E-state index is -0.189. The third-order valence-electron chi connectivity index (χ3n) is 2.60. The van der Waals surface area contributed by atoms with Crippen molar-refractivity contribution in [3.8, 4) is 0 Å². The molecule has 0 radical (unpaired) electrons. The first kappa shape index (κ1) is 12.1. The molecule has 0 spiro atoms. The smallest absolute Gasteiger partial charge is 0.126 e. The van der Waals surface area contributed by atoms with Gasteiger partial charge in [-0.1, -0.05) is 12.1 Å². The summed E-state index contributed by atoms with van der Waals surface area (Å²) in [4.78, 5) is 0. The van der Waals surface area contributed by atoms with Gasteiger partial charge in [0.05, 0.1) is 6.10 Å². The molecule has 0 aliphatic rings. The molecule has 1 aromatic rings. The van der Waals surface area contributed by atoms with E-state index in [0.29, 0.717) is 5.56 Å². The van der Waals surface area contributed by atoms with Crippen molar-refractivity contribution < 1.29 is 9.13 Å². The Kier molecular flexibility index (Phi) is 4.24. The van der Waals surface area contributed by atoms with Crippen LogP contribution in [0, 0.1) is 12.7 Å². The summed E-state index contributed by atoms with van der Waals surface area (Å²) in [6.45, 7) is 3.71. The number of ether oxygens (including phenoxy) is 1. The maximum absolute atomic E-state index is 13.0. The average molecular weight is 211 g/mol. The van der Waals surface area contributed by atoms with E-state index < -0.39 is 0 Å². The molecule has 1 aromatic carbocycles. The second kappa shape index (κ2) is 5.24. The van der Waals surface area contributed by atoms with Crippen LogP contribution in [0.25, 0.3) is 0 Å². The number of methoxy groups -OCH3 is 1. The zero-order valence-electron chi connectivity index (χ0n) is 9.46. The zero-order valence-corrected chi connectivity index (χ0v) is 9.46. The van der Waals surface area contributed by atoms with Crippen LogP contribution in [0.4, 0.5) is 4.39 Å². The van der Waals surface area contributed by atoms with Crippen LogP contribution < -0.4 is 5.73 Å². The van der Waals surface area contributed by atoms with Crippen molar-refractivity contribution in [3.05, 3.63) is 35.1 Å². The molecule has 3 heteroatoms. The molecule has 2 N–H and O–H groups in total. The second-order valence-corrected chi connectivity index (χ2v) is 3.90. The molecule has 1 rings (SSSR count). The molecule has 15 heavy (non-hydrogen) atoms. The van der Waals surface area contributed by atoms with Gasteiger partial charge < -0.3 is 10.5 Å². The van der Waals surface area contributed by atoms with Gasteiger partial charge >= 0.3 is 0 Å². The first-order valence-corrected chi connectivity index (χ1v) is 5.09. The molecular formula is C12H18FNO. The Morgan fingerprint density at radius 1 is 1.47 bits per heavy atom. The van der Waals surface area contributed by atoms with Crippen molar-refractivity contribution in [3.63, 3.8) is 0 Å². The average Bonchev–Trinajstić information content (AvgIpc) is 2.21. The number of aryl methyl sites for hydroxylation is 1. The molecule has 2 unspecified atom stereocenters. The van der Waals surface area contributed by atoms with Crippen molar-refractivity contribution in [2.45, 2.75) is 32.4 Å². The highest BCUT2D eigenvalue weighted by molar-refractivity contribution is 5.26. The summed E-state index contributed by atoms with van der Waals surface area (Å²) >= 11 is 0. The number of benzene rings is 1. The number of halogens is 1. The topological polar surface area (TPSA) is 35.2 Å². The summed E-state index contributed by atoms with van der Waals surface area (Å²) in [5, 5.41) is 0. The van der Waals surface area contributed by atoms with E-state index in [1.807, 2.05) is 6.92 Å². The fraction of sp³-hybridized carbons (Fsp3) is 0.500. The summed E-state index contributed by atoms with van der Waals surface area (Å²) in [6.07, 6.45) is 0.854. The SMILES string of the molecule is COC(C)CC(N)c1ccc(F)c(C)c1. The van der Waals surface area contributed by atoms with Crippen LogP contribution in [0.2, 0.25) is 0 Å². The molecular weight excluding hydrogens is 193 g/mol.